The van der Waals surface area contributed by atoms with Crippen LogP contribution in [0.3, 0.4) is 0 Å². The summed E-state index contributed by atoms with van der Waals surface area (Å²) >= 11 is 6.30. The molecule has 0 saturated heterocycles. The van der Waals surface area contributed by atoms with E-state index in [1.165, 1.54) is 11.1 Å². The Morgan fingerprint density at radius 3 is 2.66 bits per heavy atom. The molecule has 0 aliphatic carbocycles. The van der Waals surface area contributed by atoms with Gasteiger partial charge in [-0.05, 0) is 30.9 Å². The molecule has 154 valence electrons. The van der Waals surface area contributed by atoms with Gasteiger partial charge >= 0.3 is 5.97 Å². The lowest BCUT2D eigenvalue weighted by Gasteiger charge is -2.26. The first-order valence-corrected chi connectivity index (χ1v) is 10.3. The number of carbonyl (C=O) groups excluding carboxylic acids is 2. The van der Waals surface area contributed by atoms with Gasteiger partial charge in [0, 0.05) is 19.6 Å². The van der Waals surface area contributed by atoms with E-state index >= 15 is 0 Å². The zero-order valence-electron chi connectivity index (χ0n) is 16.9. The summed E-state index contributed by atoms with van der Waals surface area (Å²) in [6.45, 7) is 5.24. The number of esters is 1. The number of halogens is 1. The van der Waals surface area contributed by atoms with E-state index in [2.05, 4.69) is 30.2 Å². The number of hydrogen-bond donors (Lipinski definition) is 0. The average molecular weight is 416 g/mol. The number of aromatic nitrogens is 2. The van der Waals surface area contributed by atoms with Crippen LogP contribution in [0.15, 0.2) is 36.4 Å². The first kappa shape index (κ1) is 21.1. The van der Waals surface area contributed by atoms with Crippen molar-refractivity contribution in [1.29, 1.82) is 0 Å². The molecule has 0 saturated carbocycles. The van der Waals surface area contributed by atoms with Crippen molar-refractivity contribution >= 4 is 29.1 Å². The van der Waals surface area contributed by atoms with Crippen LogP contribution in [0, 0.1) is 6.92 Å². The summed E-state index contributed by atoms with van der Waals surface area (Å²) in [4.78, 5) is 26.6. The van der Waals surface area contributed by atoms with Gasteiger partial charge in [-0.2, -0.15) is 5.10 Å². The molecule has 29 heavy (non-hydrogen) atoms. The van der Waals surface area contributed by atoms with E-state index in [4.69, 9.17) is 16.3 Å². The molecule has 1 aliphatic rings. The number of carbonyl (C=O) groups is 2. The number of amides is 1. The van der Waals surface area contributed by atoms with E-state index in [0.29, 0.717) is 25.3 Å². The molecule has 0 spiro atoms. The number of ether oxygens (including phenoxy) is 1. The Morgan fingerprint density at radius 1 is 1.24 bits per heavy atom. The molecular formula is C22H26ClN3O3. The standard InChI is InChI=1S/C22H26ClN3O3/c1-3-4-12-26-21(23)20(16(2)24-26)22(28)29-15-19(27)25-13-10-18(11-14-25)17-8-6-5-7-9-17/h5-10H,3-4,11-15H2,1-2H3. The number of aryl methyl sites for hydroxylation is 2. The van der Waals surface area contributed by atoms with Gasteiger partial charge in [0.15, 0.2) is 6.61 Å². The Morgan fingerprint density at radius 2 is 2.00 bits per heavy atom. The van der Waals surface area contributed by atoms with Crippen molar-refractivity contribution in [2.75, 3.05) is 19.7 Å². The predicted molar refractivity (Wildman–Crippen MR) is 113 cm³/mol. The van der Waals surface area contributed by atoms with E-state index in [1.54, 1.807) is 16.5 Å². The third-order valence-electron chi connectivity index (χ3n) is 5.03. The third kappa shape index (κ3) is 5.07. The fourth-order valence-electron chi connectivity index (χ4n) is 3.34. The molecule has 1 aromatic heterocycles. The largest absolute Gasteiger partial charge is 0.452 e. The quantitative estimate of drug-likeness (QED) is 0.638. The third-order valence-corrected chi connectivity index (χ3v) is 5.41. The number of hydrogen-bond acceptors (Lipinski definition) is 4. The molecule has 0 radical (unpaired) electrons. The molecule has 1 aromatic carbocycles. The fourth-order valence-corrected chi connectivity index (χ4v) is 3.68. The van der Waals surface area contributed by atoms with Crippen molar-refractivity contribution < 1.29 is 14.3 Å². The molecule has 1 amide bonds. The van der Waals surface area contributed by atoms with Crippen LogP contribution in [0.25, 0.3) is 5.57 Å². The minimum atomic E-state index is -0.610. The van der Waals surface area contributed by atoms with E-state index < -0.39 is 5.97 Å². The van der Waals surface area contributed by atoms with Crippen molar-refractivity contribution in [3.63, 3.8) is 0 Å². The maximum absolute atomic E-state index is 12.5. The Bertz CT molecular complexity index is 906. The molecule has 0 bridgehead atoms. The van der Waals surface area contributed by atoms with E-state index in [-0.39, 0.29) is 23.2 Å². The van der Waals surface area contributed by atoms with Crippen molar-refractivity contribution in [1.82, 2.24) is 14.7 Å². The highest BCUT2D eigenvalue weighted by atomic mass is 35.5. The van der Waals surface area contributed by atoms with Gasteiger partial charge in [0.2, 0.25) is 0 Å². The topological polar surface area (TPSA) is 64.4 Å². The maximum Gasteiger partial charge on any atom is 0.343 e. The predicted octanol–water partition coefficient (Wildman–Crippen LogP) is 4.12. The van der Waals surface area contributed by atoms with E-state index in [9.17, 15) is 9.59 Å². The number of rotatable bonds is 7. The van der Waals surface area contributed by atoms with Gasteiger partial charge in [-0.25, -0.2) is 4.79 Å². The maximum atomic E-state index is 12.5. The lowest BCUT2D eigenvalue weighted by molar-refractivity contribution is -0.134. The number of unbranched alkanes of at least 4 members (excludes halogenated alkanes) is 1. The molecule has 2 aromatic rings. The second kappa shape index (κ2) is 9.74. The van der Waals surface area contributed by atoms with Crippen molar-refractivity contribution in [3.05, 3.63) is 58.4 Å². The number of benzene rings is 1. The average Bonchev–Trinajstić information content (AvgIpc) is 3.04. The second-order valence-corrected chi connectivity index (χ2v) is 7.45. The summed E-state index contributed by atoms with van der Waals surface area (Å²) in [5, 5.41) is 4.57. The molecule has 0 unspecified atom stereocenters. The summed E-state index contributed by atoms with van der Waals surface area (Å²) in [7, 11) is 0. The van der Waals surface area contributed by atoms with Gasteiger partial charge in [-0.3, -0.25) is 9.48 Å². The minimum absolute atomic E-state index is 0.214. The lowest BCUT2D eigenvalue weighted by atomic mass is 10.00. The Balaban J connectivity index is 1.55. The second-order valence-electron chi connectivity index (χ2n) is 7.09. The smallest absolute Gasteiger partial charge is 0.343 e. The highest BCUT2D eigenvalue weighted by molar-refractivity contribution is 6.32. The van der Waals surface area contributed by atoms with E-state index in [1.807, 2.05) is 18.2 Å². The molecule has 2 heterocycles. The van der Waals surface area contributed by atoms with Crippen LogP contribution in [0.5, 0.6) is 0 Å². The van der Waals surface area contributed by atoms with Gasteiger partial charge in [-0.1, -0.05) is 61.4 Å². The van der Waals surface area contributed by atoms with Crippen LogP contribution >= 0.6 is 11.6 Å². The highest BCUT2D eigenvalue weighted by Crippen LogP contribution is 2.23. The van der Waals surface area contributed by atoms with Crippen molar-refractivity contribution in [2.45, 2.75) is 39.7 Å². The molecule has 7 heteroatoms. The molecule has 1 aliphatic heterocycles. The number of nitrogens with zero attached hydrogens (tertiary/aromatic N) is 3. The minimum Gasteiger partial charge on any atom is -0.452 e. The molecule has 3 rings (SSSR count). The molecule has 0 fully saturated rings. The van der Waals surface area contributed by atoms with Gasteiger partial charge in [0.1, 0.15) is 10.7 Å². The highest BCUT2D eigenvalue weighted by Gasteiger charge is 2.24. The Hall–Kier alpha value is -2.60. The first-order chi connectivity index (χ1) is 14.0. The lowest BCUT2D eigenvalue weighted by Crippen LogP contribution is -2.37. The Kier molecular flexibility index (Phi) is 7.09. The monoisotopic (exact) mass is 415 g/mol. The van der Waals surface area contributed by atoms with Gasteiger partial charge in [0.25, 0.3) is 5.91 Å². The van der Waals surface area contributed by atoms with Crippen LogP contribution < -0.4 is 0 Å². The van der Waals surface area contributed by atoms with Gasteiger partial charge in [0.05, 0.1) is 5.69 Å². The SMILES string of the molecule is CCCCn1nc(C)c(C(=O)OCC(=O)N2CC=C(c3ccccc3)CC2)c1Cl. The molecule has 0 N–H and O–H groups in total. The van der Waals surface area contributed by atoms with Crippen LogP contribution in [-0.4, -0.2) is 46.3 Å². The normalized spacial score (nSPS) is 13.9. The fraction of sp³-hybridized carbons (Fsp3) is 0.409. The zero-order chi connectivity index (χ0) is 20.8. The van der Waals surface area contributed by atoms with Crippen LogP contribution in [0.2, 0.25) is 5.15 Å². The summed E-state index contributed by atoms with van der Waals surface area (Å²) in [6.07, 6.45) is 4.75. The van der Waals surface area contributed by atoms with Gasteiger partial charge < -0.3 is 9.64 Å². The Labute approximate surface area is 176 Å². The van der Waals surface area contributed by atoms with Gasteiger partial charge in [-0.15, -0.1) is 0 Å². The summed E-state index contributed by atoms with van der Waals surface area (Å²) in [5.41, 5.74) is 3.15. The van der Waals surface area contributed by atoms with Crippen LogP contribution in [0.1, 0.15) is 47.8 Å². The van der Waals surface area contributed by atoms with E-state index in [0.717, 1.165) is 19.3 Å². The van der Waals surface area contributed by atoms with Crippen LogP contribution in [0.4, 0.5) is 0 Å². The summed E-state index contributed by atoms with van der Waals surface area (Å²) in [5.74, 6) is -0.824. The molecule has 6 nitrogen and oxygen atoms in total. The van der Waals surface area contributed by atoms with Crippen LogP contribution in [-0.2, 0) is 16.1 Å². The first-order valence-electron chi connectivity index (χ1n) is 9.93. The molecular weight excluding hydrogens is 390 g/mol. The van der Waals surface area contributed by atoms with Crippen molar-refractivity contribution in [3.8, 4) is 0 Å². The molecule has 0 atom stereocenters. The zero-order valence-corrected chi connectivity index (χ0v) is 17.6. The summed E-state index contributed by atoms with van der Waals surface area (Å²) < 4.78 is 6.86. The van der Waals surface area contributed by atoms with Crippen molar-refractivity contribution in [2.24, 2.45) is 0 Å². The summed E-state index contributed by atoms with van der Waals surface area (Å²) in [6, 6.07) is 10.1.